The second-order valence-corrected chi connectivity index (χ2v) is 6.24. The summed E-state index contributed by atoms with van der Waals surface area (Å²) in [7, 11) is 0. The Labute approximate surface area is 144 Å². The minimum atomic E-state index is 0.783. The SMILES string of the molecule is C(=NNc1nc(-c2ccccc2)cs1)c1ccc2ccccc2c1. The van der Waals surface area contributed by atoms with Crippen LogP contribution >= 0.6 is 11.3 Å². The molecule has 24 heavy (non-hydrogen) atoms. The topological polar surface area (TPSA) is 37.3 Å². The molecule has 3 nitrogen and oxygen atoms in total. The highest BCUT2D eigenvalue weighted by atomic mass is 32.1. The van der Waals surface area contributed by atoms with Crippen LogP contribution in [0.4, 0.5) is 5.13 Å². The van der Waals surface area contributed by atoms with Gasteiger partial charge in [0.2, 0.25) is 5.13 Å². The minimum absolute atomic E-state index is 0.783. The molecule has 0 atom stereocenters. The summed E-state index contributed by atoms with van der Waals surface area (Å²) < 4.78 is 0. The number of nitrogens with zero attached hydrogens (tertiary/aromatic N) is 2. The molecule has 0 aliphatic rings. The third-order valence-electron chi connectivity index (χ3n) is 3.72. The van der Waals surface area contributed by atoms with E-state index in [9.17, 15) is 0 Å². The van der Waals surface area contributed by atoms with Crippen molar-refractivity contribution in [3.8, 4) is 11.3 Å². The van der Waals surface area contributed by atoms with Crippen LogP contribution in [0.1, 0.15) is 5.56 Å². The lowest BCUT2D eigenvalue weighted by Crippen LogP contribution is -1.90. The summed E-state index contributed by atoms with van der Waals surface area (Å²) in [4.78, 5) is 4.56. The maximum atomic E-state index is 4.56. The van der Waals surface area contributed by atoms with Gasteiger partial charge in [0.05, 0.1) is 11.9 Å². The van der Waals surface area contributed by atoms with Gasteiger partial charge in [-0.05, 0) is 22.4 Å². The molecule has 1 N–H and O–H groups in total. The highest BCUT2D eigenvalue weighted by molar-refractivity contribution is 7.14. The predicted molar refractivity (Wildman–Crippen MR) is 103 cm³/mol. The van der Waals surface area contributed by atoms with Crippen LogP contribution in [0.3, 0.4) is 0 Å². The van der Waals surface area contributed by atoms with E-state index < -0.39 is 0 Å². The maximum absolute atomic E-state index is 4.56. The van der Waals surface area contributed by atoms with E-state index in [4.69, 9.17) is 0 Å². The van der Waals surface area contributed by atoms with Crippen LogP contribution in [0.15, 0.2) is 83.3 Å². The molecule has 3 aromatic carbocycles. The van der Waals surface area contributed by atoms with Crippen molar-refractivity contribution in [3.05, 3.63) is 83.7 Å². The molecule has 0 spiro atoms. The molecule has 4 heteroatoms. The maximum Gasteiger partial charge on any atom is 0.203 e. The minimum Gasteiger partial charge on any atom is -0.253 e. The molecular weight excluding hydrogens is 314 g/mol. The molecule has 116 valence electrons. The van der Waals surface area contributed by atoms with Gasteiger partial charge < -0.3 is 0 Å². The van der Waals surface area contributed by atoms with E-state index in [1.54, 1.807) is 11.3 Å². The summed E-state index contributed by atoms with van der Waals surface area (Å²) >= 11 is 1.55. The molecule has 0 amide bonds. The van der Waals surface area contributed by atoms with Crippen molar-refractivity contribution in [2.75, 3.05) is 5.43 Å². The highest BCUT2D eigenvalue weighted by Gasteiger charge is 2.02. The van der Waals surface area contributed by atoms with Crippen molar-refractivity contribution < 1.29 is 0 Å². The molecule has 0 bridgehead atoms. The summed E-state index contributed by atoms with van der Waals surface area (Å²) in [6.07, 6.45) is 1.82. The fourth-order valence-corrected chi connectivity index (χ4v) is 3.19. The molecule has 1 aromatic heterocycles. The Bertz CT molecular complexity index is 990. The molecule has 0 saturated carbocycles. The zero-order valence-electron chi connectivity index (χ0n) is 12.9. The van der Waals surface area contributed by atoms with Crippen molar-refractivity contribution >= 4 is 33.5 Å². The molecule has 0 aliphatic carbocycles. The van der Waals surface area contributed by atoms with Crippen molar-refractivity contribution in [3.63, 3.8) is 0 Å². The summed E-state index contributed by atoms with van der Waals surface area (Å²) in [5, 5.41) is 9.55. The number of fused-ring (bicyclic) bond motifs is 1. The van der Waals surface area contributed by atoms with Crippen molar-refractivity contribution in [1.82, 2.24) is 4.98 Å². The summed E-state index contributed by atoms with van der Waals surface area (Å²) in [6.45, 7) is 0. The van der Waals surface area contributed by atoms with Crippen molar-refractivity contribution in [1.29, 1.82) is 0 Å². The van der Waals surface area contributed by atoms with Gasteiger partial charge in [0.15, 0.2) is 0 Å². The van der Waals surface area contributed by atoms with E-state index in [2.05, 4.69) is 58.0 Å². The van der Waals surface area contributed by atoms with Crippen molar-refractivity contribution in [2.24, 2.45) is 5.10 Å². The fourth-order valence-electron chi connectivity index (χ4n) is 2.52. The van der Waals surface area contributed by atoms with Gasteiger partial charge >= 0.3 is 0 Å². The Hall–Kier alpha value is -2.98. The van der Waals surface area contributed by atoms with Crippen LogP contribution in [-0.4, -0.2) is 11.2 Å². The molecule has 4 aromatic rings. The number of hydrazone groups is 1. The number of benzene rings is 3. The van der Waals surface area contributed by atoms with E-state index in [1.807, 2.05) is 41.9 Å². The number of aromatic nitrogens is 1. The zero-order valence-corrected chi connectivity index (χ0v) is 13.7. The first-order valence-corrected chi connectivity index (χ1v) is 8.55. The number of hydrogen-bond donors (Lipinski definition) is 1. The predicted octanol–water partition coefficient (Wildman–Crippen LogP) is 5.41. The summed E-state index contributed by atoms with van der Waals surface area (Å²) in [6, 6.07) is 24.7. The number of hydrogen-bond acceptors (Lipinski definition) is 4. The Kier molecular flexibility index (Phi) is 4.04. The third-order valence-corrected chi connectivity index (χ3v) is 4.47. The average molecular weight is 329 g/mol. The lowest BCUT2D eigenvalue weighted by molar-refractivity contribution is 1.29. The van der Waals surface area contributed by atoms with Crippen molar-refractivity contribution in [2.45, 2.75) is 0 Å². The first-order chi connectivity index (χ1) is 11.9. The van der Waals surface area contributed by atoms with Crippen LogP contribution in [0.5, 0.6) is 0 Å². The Morgan fingerprint density at radius 3 is 2.54 bits per heavy atom. The van der Waals surface area contributed by atoms with Gasteiger partial charge in [-0.3, -0.25) is 5.43 Å². The van der Waals surface area contributed by atoms with E-state index in [-0.39, 0.29) is 0 Å². The number of nitrogens with one attached hydrogen (secondary N) is 1. The van der Waals surface area contributed by atoms with Gasteiger partial charge in [0, 0.05) is 10.9 Å². The number of thiazole rings is 1. The van der Waals surface area contributed by atoms with Gasteiger partial charge in [0.1, 0.15) is 0 Å². The molecule has 0 radical (unpaired) electrons. The standard InChI is InChI=1S/C20H15N3S/c1-2-7-17(8-3-1)19-14-24-20(22-19)23-21-13-15-10-11-16-6-4-5-9-18(16)12-15/h1-14H,(H,22,23). The average Bonchev–Trinajstić information content (AvgIpc) is 3.11. The van der Waals surface area contributed by atoms with Gasteiger partial charge in [-0.2, -0.15) is 5.10 Å². The van der Waals surface area contributed by atoms with Crippen LogP contribution in [0.25, 0.3) is 22.0 Å². The number of anilines is 1. The van der Waals surface area contributed by atoms with E-state index >= 15 is 0 Å². The Morgan fingerprint density at radius 1 is 0.875 bits per heavy atom. The molecule has 0 fully saturated rings. The third kappa shape index (κ3) is 3.19. The Balaban J connectivity index is 1.48. The van der Waals surface area contributed by atoms with E-state index in [0.29, 0.717) is 0 Å². The molecule has 0 saturated heterocycles. The van der Waals surface area contributed by atoms with Gasteiger partial charge in [-0.1, -0.05) is 66.7 Å². The highest BCUT2D eigenvalue weighted by Crippen LogP contribution is 2.24. The summed E-state index contributed by atoms with van der Waals surface area (Å²) in [5.41, 5.74) is 6.14. The lowest BCUT2D eigenvalue weighted by Gasteiger charge is -1.99. The van der Waals surface area contributed by atoms with Crippen LogP contribution in [-0.2, 0) is 0 Å². The monoisotopic (exact) mass is 329 g/mol. The van der Waals surface area contributed by atoms with Gasteiger partial charge in [-0.15, -0.1) is 11.3 Å². The second-order valence-electron chi connectivity index (χ2n) is 5.38. The van der Waals surface area contributed by atoms with Gasteiger partial charge in [0.25, 0.3) is 0 Å². The zero-order chi connectivity index (χ0) is 16.2. The first-order valence-electron chi connectivity index (χ1n) is 7.67. The van der Waals surface area contributed by atoms with Crippen LogP contribution in [0, 0.1) is 0 Å². The summed E-state index contributed by atoms with van der Waals surface area (Å²) in [5.74, 6) is 0. The van der Waals surface area contributed by atoms with Crippen LogP contribution < -0.4 is 5.43 Å². The van der Waals surface area contributed by atoms with Crippen LogP contribution in [0.2, 0.25) is 0 Å². The van der Waals surface area contributed by atoms with Gasteiger partial charge in [-0.25, -0.2) is 4.98 Å². The van der Waals surface area contributed by atoms with E-state index in [0.717, 1.165) is 22.0 Å². The normalized spacial score (nSPS) is 11.2. The molecule has 4 rings (SSSR count). The smallest absolute Gasteiger partial charge is 0.203 e. The van der Waals surface area contributed by atoms with E-state index in [1.165, 1.54) is 10.8 Å². The lowest BCUT2D eigenvalue weighted by atomic mass is 10.1. The first kappa shape index (κ1) is 14.6. The largest absolute Gasteiger partial charge is 0.253 e. The molecular formula is C20H15N3S. The molecule has 1 heterocycles. The Morgan fingerprint density at radius 2 is 1.67 bits per heavy atom. The fraction of sp³-hybridized carbons (Fsp3) is 0. The molecule has 0 aliphatic heterocycles. The quantitative estimate of drug-likeness (QED) is 0.401. The second kappa shape index (κ2) is 6.64. The number of rotatable bonds is 4. The molecule has 0 unspecified atom stereocenters.